The Morgan fingerprint density at radius 2 is 2.00 bits per heavy atom. The lowest BCUT2D eigenvalue weighted by molar-refractivity contribution is -0.137. The molecule has 2 unspecified atom stereocenters. The van der Waals surface area contributed by atoms with Crippen LogP contribution in [-0.4, -0.2) is 41.8 Å². The molecule has 5 N–H and O–H groups in total. The smallest absolute Gasteiger partial charge is 0.267 e. The molecule has 0 aromatic heterocycles. The fourth-order valence-corrected chi connectivity index (χ4v) is 2.50. The van der Waals surface area contributed by atoms with Crippen molar-refractivity contribution in [1.82, 2.24) is 10.8 Å². The number of nitrogens with two attached hydrogens (primary N) is 1. The molecule has 2 amide bonds. The van der Waals surface area contributed by atoms with Gasteiger partial charge in [-0.15, -0.1) is 5.92 Å². The second kappa shape index (κ2) is 9.41. The zero-order chi connectivity index (χ0) is 16.5. The molecular weight excluding hydrogens is 286 g/mol. The van der Waals surface area contributed by atoms with Crippen LogP contribution in [0.25, 0.3) is 0 Å². The van der Waals surface area contributed by atoms with Crippen molar-refractivity contribution in [2.45, 2.75) is 57.7 Å². The van der Waals surface area contributed by atoms with Crippen LogP contribution < -0.4 is 16.5 Å². The molecule has 7 nitrogen and oxygen atoms in total. The van der Waals surface area contributed by atoms with Gasteiger partial charge in [0.05, 0.1) is 6.10 Å². The fourth-order valence-electron chi connectivity index (χ4n) is 2.50. The molecule has 0 aromatic carbocycles. The van der Waals surface area contributed by atoms with Crippen molar-refractivity contribution in [3.05, 3.63) is 0 Å². The van der Waals surface area contributed by atoms with Crippen LogP contribution in [0.4, 0.5) is 0 Å². The van der Waals surface area contributed by atoms with Crippen LogP contribution in [-0.2, 0) is 14.3 Å². The highest BCUT2D eigenvalue weighted by molar-refractivity contribution is 5.88. The molecule has 2 atom stereocenters. The second-order valence-electron chi connectivity index (χ2n) is 5.53. The molecule has 0 bridgehead atoms. The molecule has 1 aliphatic rings. The second-order valence-corrected chi connectivity index (χ2v) is 5.53. The number of ether oxygens (including phenoxy) is 1. The van der Waals surface area contributed by atoms with E-state index in [-0.39, 0.29) is 17.9 Å². The zero-order valence-corrected chi connectivity index (χ0v) is 13.1. The van der Waals surface area contributed by atoms with Gasteiger partial charge < -0.3 is 15.8 Å². The van der Waals surface area contributed by atoms with E-state index >= 15 is 0 Å². The number of carbonyl (C=O) groups is 2. The molecule has 7 heteroatoms. The molecule has 1 rings (SSSR count). The summed E-state index contributed by atoms with van der Waals surface area (Å²) in [5.41, 5.74) is 7.19. The maximum Gasteiger partial charge on any atom is 0.267 e. The van der Waals surface area contributed by atoms with Crippen molar-refractivity contribution < 1.29 is 19.5 Å². The van der Waals surface area contributed by atoms with Gasteiger partial charge >= 0.3 is 0 Å². The van der Waals surface area contributed by atoms with Gasteiger partial charge in [-0.25, -0.2) is 5.48 Å². The molecule has 0 saturated heterocycles. The predicted octanol–water partition coefficient (Wildman–Crippen LogP) is -0.0775. The van der Waals surface area contributed by atoms with E-state index in [0.29, 0.717) is 19.4 Å². The lowest BCUT2D eigenvalue weighted by atomic mass is 9.86. The average molecular weight is 311 g/mol. The van der Waals surface area contributed by atoms with Crippen LogP contribution in [0, 0.1) is 17.8 Å². The summed E-state index contributed by atoms with van der Waals surface area (Å²) >= 11 is 0. The summed E-state index contributed by atoms with van der Waals surface area (Å²) in [6, 6.07) is -1.53. The summed E-state index contributed by atoms with van der Waals surface area (Å²) in [5, 5.41) is 11.3. The number of rotatable bonds is 6. The number of amides is 2. The molecule has 22 heavy (non-hydrogen) atoms. The van der Waals surface area contributed by atoms with Crippen molar-refractivity contribution in [2.75, 3.05) is 6.61 Å². The van der Waals surface area contributed by atoms with Gasteiger partial charge in [0, 0.05) is 12.0 Å². The Balaban J connectivity index is 2.44. The third kappa shape index (κ3) is 5.64. The molecule has 0 aromatic rings. The molecule has 1 aliphatic carbocycles. The van der Waals surface area contributed by atoms with Gasteiger partial charge in [-0.05, 0) is 39.5 Å². The van der Waals surface area contributed by atoms with E-state index in [1.165, 1.54) is 5.48 Å². The maximum atomic E-state index is 12.2. The normalized spacial score (nSPS) is 23.6. The van der Waals surface area contributed by atoms with Crippen molar-refractivity contribution in [1.29, 1.82) is 0 Å². The van der Waals surface area contributed by atoms with Crippen molar-refractivity contribution in [3.8, 4) is 11.8 Å². The lowest BCUT2D eigenvalue weighted by Crippen LogP contribution is -2.56. The topological polar surface area (TPSA) is 114 Å². The van der Waals surface area contributed by atoms with Gasteiger partial charge in [0.1, 0.15) is 12.6 Å². The molecule has 0 heterocycles. The number of hydroxylamine groups is 1. The third-order valence-corrected chi connectivity index (χ3v) is 3.83. The van der Waals surface area contributed by atoms with Crippen LogP contribution >= 0.6 is 0 Å². The Morgan fingerprint density at radius 3 is 2.50 bits per heavy atom. The van der Waals surface area contributed by atoms with E-state index in [4.69, 9.17) is 15.7 Å². The first kappa shape index (κ1) is 18.4. The number of nitrogens with one attached hydrogen (secondary N) is 2. The van der Waals surface area contributed by atoms with Crippen LogP contribution in [0.5, 0.6) is 0 Å². The zero-order valence-electron chi connectivity index (χ0n) is 13.1. The summed E-state index contributed by atoms with van der Waals surface area (Å²) in [6.07, 6.45) is 3.11. The first-order valence-corrected chi connectivity index (χ1v) is 7.50. The average Bonchev–Trinajstić information content (AvgIpc) is 2.52. The van der Waals surface area contributed by atoms with Gasteiger partial charge in [0.25, 0.3) is 5.91 Å². The first-order valence-electron chi connectivity index (χ1n) is 7.50. The quantitative estimate of drug-likeness (QED) is 0.311. The van der Waals surface area contributed by atoms with Gasteiger partial charge in [-0.2, -0.15) is 0 Å². The number of hydrogen-bond acceptors (Lipinski definition) is 5. The van der Waals surface area contributed by atoms with E-state index in [0.717, 1.165) is 12.8 Å². The Morgan fingerprint density at radius 1 is 1.36 bits per heavy atom. The van der Waals surface area contributed by atoms with Crippen LogP contribution in [0.3, 0.4) is 0 Å². The molecule has 1 saturated carbocycles. The highest BCUT2D eigenvalue weighted by Gasteiger charge is 2.31. The van der Waals surface area contributed by atoms with Gasteiger partial charge in [0.15, 0.2) is 0 Å². The standard InChI is InChI=1S/C15H25N3O4/c1-3-4-9-22-12-7-5-11(6-8-12)14(19)17-13(10(2)16)15(20)18-21/h10-13,21H,5-9,16H2,1-2H3,(H,17,19)(H,18,20). The summed E-state index contributed by atoms with van der Waals surface area (Å²) < 4.78 is 5.60. The maximum absolute atomic E-state index is 12.2. The van der Waals surface area contributed by atoms with Gasteiger partial charge in [0.2, 0.25) is 5.91 Å². The van der Waals surface area contributed by atoms with E-state index in [9.17, 15) is 9.59 Å². The largest absolute Gasteiger partial charge is 0.366 e. The summed E-state index contributed by atoms with van der Waals surface area (Å²) in [4.78, 5) is 23.7. The van der Waals surface area contributed by atoms with Crippen molar-refractivity contribution in [2.24, 2.45) is 11.7 Å². The Labute approximate surface area is 130 Å². The SMILES string of the molecule is CC#CCOC1CCC(C(=O)NC(C(=O)NO)C(C)N)CC1. The fraction of sp³-hybridized carbons (Fsp3) is 0.733. The summed E-state index contributed by atoms with van der Waals surface area (Å²) in [7, 11) is 0. The molecule has 0 aliphatic heterocycles. The summed E-state index contributed by atoms with van der Waals surface area (Å²) in [6.45, 7) is 3.78. The highest BCUT2D eigenvalue weighted by atomic mass is 16.5. The Hall–Kier alpha value is -1.62. The van der Waals surface area contributed by atoms with Crippen molar-refractivity contribution in [3.63, 3.8) is 0 Å². The molecule has 0 spiro atoms. The van der Waals surface area contributed by atoms with Gasteiger partial charge in [-0.3, -0.25) is 14.8 Å². The van der Waals surface area contributed by atoms with E-state index < -0.39 is 18.0 Å². The predicted molar refractivity (Wildman–Crippen MR) is 80.7 cm³/mol. The molecule has 0 radical (unpaired) electrons. The number of hydrogen-bond donors (Lipinski definition) is 4. The molecular formula is C15H25N3O4. The van der Waals surface area contributed by atoms with Gasteiger partial charge in [-0.1, -0.05) is 5.92 Å². The summed E-state index contributed by atoms with van der Waals surface area (Å²) in [5.74, 6) is 4.54. The Bertz CT molecular complexity index is 434. The minimum Gasteiger partial charge on any atom is -0.366 e. The van der Waals surface area contributed by atoms with Crippen molar-refractivity contribution >= 4 is 11.8 Å². The first-order chi connectivity index (χ1) is 10.5. The molecule has 124 valence electrons. The monoisotopic (exact) mass is 311 g/mol. The molecule has 1 fully saturated rings. The van der Waals surface area contributed by atoms with E-state index in [2.05, 4.69) is 17.2 Å². The van der Waals surface area contributed by atoms with Crippen LogP contribution in [0.15, 0.2) is 0 Å². The van der Waals surface area contributed by atoms with E-state index in [1.54, 1.807) is 13.8 Å². The minimum absolute atomic E-state index is 0.134. The lowest BCUT2D eigenvalue weighted by Gasteiger charge is -2.29. The van der Waals surface area contributed by atoms with Crippen LogP contribution in [0.2, 0.25) is 0 Å². The van der Waals surface area contributed by atoms with Crippen LogP contribution in [0.1, 0.15) is 39.5 Å². The third-order valence-electron chi connectivity index (χ3n) is 3.83. The Kier molecular flexibility index (Phi) is 7.88. The highest BCUT2D eigenvalue weighted by Crippen LogP contribution is 2.26. The van der Waals surface area contributed by atoms with E-state index in [1.807, 2.05) is 0 Å². The minimum atomic E-state index is -0.939. The number of carbonyl (C=O) groups excluding carboxylic acids is 2.